The summed E-state index contributed by atoms with van der Waals surface area (Å²) in [6, 6.07) is 5.78. The minimum absolute atomic E-state index is 0.123. The molecule has 0 amide bonds. The zero-order valence-corrected chi connectivity index (χ0v) is 13.2. The second-order valence-electron chi connectivity index (χ2n) is 5.98. The molecule has 1 fully saturated rings. The van der Waals surface area contributed by atoms with Crippen molar-refractivity contribution >= 4 is 10.0 Å². The Kier molecular flexibility index (Phi) is 4.60. The zero-order chi connectivity index (χ0) is 15.7. The quantitative estimate of drug-likeness (QED) is 0.792. The van der Waals surface area contributed by atoms with Crippen molar-refractivity contribution in [2.75, 3.05) is 0 Å². The smallest absolute Gasteiger partial charge is 0.214 e. The number of rotatable bonds is 4. The van der Waals surface area contributed by atoms with Crippen molar-refractivity contribution in [2.24, 2.45) is 0 Å². The Hall–Kier alpha value is -1.11. The van der Waals surface area contributed by atoms with Gasteiger partial charge in [0, 0.05) is 0 Å². The van der Waals surface area contributed by atoms with Crippen LogP contribution >= 0.6 is 0 Å². The zero-order valence-electron chi connectivity index (χ0n) is 12.4. The minimum atomic E-state index is -3.44. The summed E-state index contributed by atoms with van der Waals surface area (Å²) in [7, 11) is -3.44. The maximum Gasteiger partial charge on any atom is 0.214 e. The highest BCUT2D eigenvalue weighted by atomic mass is 32.2. The summed E-state index contributed by atoms with van der Waals surface area (Å²) in [5, 5.41) is 19.9. The monoisotopic (exact) mass is 313 g/mol. The summed E-state index contributed by atoms with van der Waals surface area (Å²) in [6.07, 6.45) is 2.83. The van der Waals surface area contributed by atoms with E-state index in [1.54, 1.807) is 26.0 Å². The Morgan fingerprint density at radius 3 is 2.43 bits per heavy atom. The molecule has 1 aromatic rings. The first kappa shape index (κ1) is 16.3. The summed E-state index contributed by atoms with van der Waals surface area (Å²) in [5.41, 5.74) is -0.593. The fraction of sp³-hybridized carbons (Fsp3) is 0.600. The minimum Gasteiger partial charge on any atom is -0.508 e. The summed E-state index contributed by atoms with van der Waals surface area (Å²) in [6.45, 7) is 3.23. The average Bonchev–Trinajstić information content (AvgIpc) is 2.42. The van der Waals surface area contributed by atoms with Crippen LogP contribution in [0.5, 0.6) is 5.75 Å². The molecule has 1 aliphatic carbocycles. The molecule has 118 valence electrons. The standard InChI is InChI=1S/C15H23NO4S/c1-11(2)21(19,20)16-14-5-3-4-10-15(14,18)12-6-8-13(17)9-7-12/h6-9,11,14,16-18H,3-5,10H2,1-2H3/t14-,15-/m0/s1. The molecule has 5 nitrogen and oxygen atoms in total. The topological polar surface area (TPSA) is 86.6 Å². The molecule has 0 saturated heterocycles. The maximum absolute atomic E-state index is 12.1. The van der Waals surface area contributed by atoms with Crippen LogP contribution < -0.4 is 4.72 Å². The maximum atomic E-state index is 12.1. The Bertz CT molecular complexity index is 582. The van der Waals surface area contributed by atoms with E-state index in [0.717, 1.165) is 12.8 Å². The van der Waals surface area contributed by atoms with Gasteiger partial charge in [-0.15, -0.1) is 0 Å². The number of phenolic OH excluding ortho intramolecular Hbond substituents is 1. The van der Waals surface area contributed by atoms with Gasteiger partial charge < -0.3 is 10.2 Å². The fourth-order valence-corrected chi connectivity index (χ4v) is 3.72. The van der Waals surface area contributed by atoms with Crippen LogP contribution in [0.2, 0.25) is 0 Å². The van der Waals surface area contributed by atoms with Crippen molar-refractivity contribution < 1.29 is 18.6 Å². The first-order valence-electron chi connectivity index (χ1n) is 7.29. The van der Waals surface area contributed by atoms with Gasteiger partial charge in [-0.1, -0.05) is 25.0 Å². The molecule has 1 saturated carbocycles. The number of hydrogen-bond donors (Lipinski definition) is 3. The normalized spacial score (nSPS) is 27.0. The van der Waals surface area contributed by atoms with E-state index in [1.165, 1.54) is 12.1 Å². The van der Waals surface area contributed by atoms with E-state index in [4.69, 9.17) is 0 Å². The lowest BCUT2D eigenvalue weighted by Gasteiger charge is -2.40. The Morgan fingerprint density at radius 2 is 1.86 bits per heavy atom. The lowest BCUT2D eigenvalue weighted by molar-refractivity contribution is -0.0250. The highest BCUT2D eigenvalue weighted by Gasteiger charge is 2.42. The van der Waals surface area contributed by atoms with Crippen LogP contribution in [0.4, 0.5) is 0 Å². The van der Waals surface area contributed by atoms with E-state index in [0.29, 0.717) is 18.4 Å². The van der Waals surface area contributed by atoms with Crippen LogP contribution in [0, 0.1) is 0 Å². The molecule has 2 rings (SSSR count). The molecular weight excluding hydrogens is 290 g/mol. The van der Waals surface area contributed by atoms with Crippen LogP contribution in [0.1, 0.15) is 45.1 Å². The van der Waals surface area contributed by atoms with Gasteiger partial charge >= 0.3 is 0 Å². The van der Waals surface area contributed by atoms with Gasteiger partial charge in [0.1, 0.15) is 11.4 Å². The number of benzene rings is 1. The first-order chi connectivity index (χ1) is 9.75. The van der Waals surface area contributed by atoms with Crippen molar-refractivity contribution in [1.82, 2.24) is 4.72 Å². The number of aromatic hydroxyl groups is 1. The van der Waals surface area contributed by atoms with Crippen molar-refractivity contribution in [3.8, 4) is 5.75 Å². The van der Waals surface area contributed by atoms with Crippen LogP contribution in [-0.2, 0) is 15.6 Å². The summed E-state index contributed by atoms with van der Waals surface area (Å²) < 4.78 is 26.9. The highest BCUT2D eigenvalue weighted by molar-refractivity contribution is 7.90. The molecule has 0 unspecified atom stereocenters. The molecule has 0 aliphatic heterocycles. The second-order valence-corrected chi connectivity index (χ2v) is 8.25. The Labute approximate surface area is 126 Å². The van der Waals surface area contributed by atoms with E-state index in [2.05, 4.69) is 4.72 Å². The summed E-state index contributed by atoms with van der Waals surface area (Å²) >= 11 is 0. The molecule has 21 heavy (non-hydrogen) atoms. The Morgan fingerprint density at radius 1 is 1.24 bits per heavy atom. The molecule has 0 aromatic heterocycles. The number of aliphatic hydroxyl groups is 1. The largest absolute Gasteiger partial charge is 0.508 e. The van der Waals surface area contributed by atoms with Gasteiger partial charge in [0.2, 0.25) is 10.0 Å². The molecule has 0 bridgehead atoms. The van der Waals surface area contributed by atoms with Crippen molar-refractivity contribution in [1.29, 1.82) is 0 Å². The summed E-state index contributed by atoms with van der Waals surface area (Å²) in [5.74, 6) is 0.123. The number of hydrogen-bond acceptors (Lipinski definition) is 4. The van der Waals surface area contributed by atoms with Gasteiger partial charge in [-0.05, 0) is 44.4 Å². The van der Waals surface area contributed by atoms with Crippen LogP contribution in [-0.4, -0.2) is 29.9 Å². The molecule has 6 heteroatoms. The van der Waals surface area contributed by atoms with E-state index in [9.17, 15) is 18.6 Å². The van der Waals surface area contributed by atoms with Gasteiger partial charge in [0.25, 0.3) is 0 Å². The highest BCUT2D eigenvalue weighted by Crippen LogP contribution is 2.38. The number of sulfonamides is 1. The van der Waals surface area contributed by atoms with Gasteiger partial charge in [0.15, 0.2) is 0 Å². The van der Waals surface area contributed by atoms with E-state index >= 15 is 0 Å². The van der Waals surface area contributed by atoms with Gasteiger partial charge in [-0.25, -0.2) is 13.1 Å². The third-order valence-electron chi connectivity index (χ3n) is 4.17. The molecule has 1 aromatic carbocycles. The predicted molar refractivity (Wildman–Crippen MR) is 81.5 cm³/mol. The molecule has 0 radical (unpaired) electrons. The second kappa shape index (κ2) is 5.94. The first-order valence-corrected chi connectivity index (χ1v) is 8.83. The van der Waals surface area contributed by atoms with Crippen molar-refractivity contribution in [2.45, 2.75) is 56.4 Å². The Balaban J connectivity index is 2.32. The summed E-state index contributed by atoms with van der Waals surface area (Å²) in [4.78, 5) is 0. The van der Waals surface area contributed by atoms with E-state index in [1.807, 2.05) is 0 Å². The molecule has 1 aliphatic rings. The van der Waals surface area contributed by atoms with E-state index in [-0.39, 0.29) is 5.75 Å². The third kappa shape index (κ3) is 3.39. The lowest BCUT2D eigenvalue weighted by atomic mass is 9.76. The molecular formula is C15H23NO4S. The van der Waals surface area contributed by atoms with Crippen LogP contribution in [0.25, 0.3) is 0 Å². The van der Waals surface area contributed by atoms with Crippen molar-refractivity contribution in [3.05, 3.63) is 29.8 Å². The number of phenols is 1. The van der Waals surface area contributed by atoms with Crippen LogP contribution in [0.3, 0.4) is 0 Å². The molecule has 0 heterocycles. The molecule has 2 atom stereocenters. The third-order valence-corrected chi connectivity index (χ3v) is 6.03. The molecule has 3 N–H and O–H groups in total. The SMILES string of the molecule is CC(C)S(=O)(=O)N[C@H]1CCCC[C@]1(O)c1ccc(O)cc1. The van der Waals surface area contributed by atoms with Gasteiger partial charge in [-0.2, -0.15) is 0 Å². The fourth-order valence-electron chi connectivity index (χ4n) is 2.74. The van der Waals surface area contributed by atoms with Crippen LogP contribution in [0.15, 0.2) is 24.3 Å². The van der Waals surface area contributed by atoms with Crippen molar-refractivity contribution in [3.63, 3.8) is 0 Å². The van der Waals surface area contributed by atoms with Gasteiger partial charge in [-0.3, -0.25) is 0 Å². The number of nitrogens with one attached hydrogen (secondary N) is 1. The lowest BCUT2D eigenvalue weighted by Crippen LogP contribution is -2.53. The van der Waals surface area contributed by atoms with E-state index < -0.39 is 26.9 Å². The molecule has 0 spiro atoms. The average molecular weight is 313 g/mol. The predicted octanol–water partition coefficient (Wildman–Crippen LogP) is 1.85. The van der Waals surface area contributed by atoms with Gasteiger partial charge in [0.05, 0.1) is 11.3 Å².